The molecule has 1 aromatic rings. The Morgan fingerprint density at radius 2 is 2.14 bits per heavy atom. The Balaban J connectivity index is 1.38. The van der Waals surface area contributed by atoms with Gasteiger partial charge in [-0.1, -0.05) is 17.4 Å². The number of H-pyrrole nitrogens is 1. The fourth-order valence-corrected chi connectivity index (χ4v) is 3.66. The first kappa shape index (κ1) is 14.7. The standard InChI is InChI=1S/C15H24N4O2/c1-20-10-12-11(13-8-9-14(12)21-13)6-4-2-3-5-7-15-16-18-19-17-15/h2,4,11-14H,3,5-10H2,1H3,(H,16,17,18,19)/b4-2-/t11-,12+,13-,14+/m0/s1. The molecule has 6 heteroatoms. The number of unbranched alkanes of at least 4 members (excludes halogenated alkanes) is 1. The molecule has 6 nitrogen and oxygen atoms in total. The first-order chi connectivity index (χ1) is 10.4. The first-order valence-electron chi connectivity index (χ1n) is 7.90. The molecule has 0 radical (unpaired) electrons. The van der Waals surface area contributed by atoms with Gasteiger partial charge in [0.05, 0.1) is 18.8 Å². The van der Waals surface area contributed by atoms with Crippen LogP contribution in [0.25, 0.3) is 0 Å². The molecule has 116 valence electrons. The van der Waals surface area contributed by atoms with Crippen LogP contribution in [-0.2, 0) is 15.9 Å². The number of tetrazole rings is 1. The van der Waals surface area contributed by atoms with Gasteiger partial charge in [0.2, 0.25) is 0 Å². The minimum atomic E-state index is 0.437. The molecule has 3 heterocycles. The molecule has 0 unspecified atom stereocenters. The summed E-state index contributed by atoms with van der Waals surface area (Å²) < 4.78 is 11.4. The van der Waals surface area contributed by atoms with Gasteiger partial charge in [-0.2, -0.15) is 5.21 Å². The lowest BCUT2D eigenvalue weighted by Gasteiger charge is -2.26. The van der Waals surface area contributed by atoms with Crippen LogP contribution in [0.3, 0.4) is 0 Å². The van der Waals surface area contributed by atoms with Gasteiger partial charge < -0.3 is 9.47 Å². The van der Waals surface area contributed by atoms with Gasteiger partial charge in [0, 0.05) is 19.4 Å². The van der Waals surface area contributed by atoms with Crippen LogP contribution in [0.2, 0.25) is 0 Å². The van der Waals surface area contributed by atoms with Crippen molar-refractivity contribution in [1.82, 2.24) is 20.6 Å². The summed E-state index contributed by atoms with van der Waals surface area (Å²) in [7, 11) is 1.79. The Labute approximate surface area is 125 Å². The summed E-state index contributed by atoms with van der Waals surface area (Å²) in [5, 5.41) is 13.9. The second-order valence-corrected chi connectivity index (χ2v) is 6.00. The van der Waals surface area contributed by atoms with Gasteiger partial charge in [0.25, 0.3) is 0 Å². The summed E-state index contributed by atoms with van der Waals surface area (Å²) in [5.74, 6) is 2.01. The number of nitrogens with one attached hydrogen (secondary N) is 1. The van der Waals surface area contributed by atoms with Crippen molar-refractivity contribution in [3.8, 4) is 0 Å². The van der Waals surface area contributed by atoms with Crippen LogP contribution in [0.4, 0.5) is 0 Å². The third-order valence-electron chi connectivity index (χ3n) is 4.68. The van der Waals surface area contributed by atoms with E-state index >= 15 is 0 Å². The Kier molecular flexibility index (Phi) is 4.98. The van der Waals surface area contributed by atoms with Crippen molar-refractivity contribution in [2.75, 3.05) is 13.7 Å². The number of allylic oxidation sites excluding steroid dienone is 2. The van der Waals surface area contributed by atoms with Crippen molar-refractivity contribution < 1.29 is 9.47 Å². The molecule has 1 aromatic heterocycles. The molecule has 0 aliphatic carbocycles. The van der Waals surface area contributed by atoms with Crippen molar-refractivity contribution in [3.63, 3.8) is 0 Å². The van der Waals surface area contributed by atoms with Gasteiger partial charge in [0.15, 0.2) is 5.82 Å². The van der Waals surface area contributed by atoms with Gasteiger partial charge >= 0.3 is 0 Å². The second kappa shape index (κ2) is 7.13. The van der Waals surface area contributed by atoms with Crippen molar-refractivity contribution >= 4 is 0 Å². The Bertz CT molecular complexity index is 449. The van der Waals surface area contributed by atoms with Crippen molar-refractivity contribution in [2.45, 2.75) is 50.7 Å². The molecular formula is C15H24N4O2. The maximum atomic E-state index is 6.04. The molecule has 0 saturated carbocycles. The number of nitrogens with zero attached hydrogens (tertiary/aromatic N) is 3. The van der Waals surface area contributed by atoms with Crippen LogP contribution in [0.15, 0.2) is 12.2 Å². The minimum absolute atomic E-state index is 0.437. The summed E-state index contributed by atoms with van der Waals surface area (Å²) >= 11 is 0. The molecule has 3 rings (SSSR count). The SMILES string of the molecule is COC[C@@H]1[C@H](C/C=C\CCCc2nn[nH]n2)[C@@H]2CC[C@H]1O2. The maximum absolute atomic E-state index is 6.04. The number of hydrogen-bond acceptors (Lipinski definition) is 5. The van der Waals surface area contributed by atoms with Gasteiger partial charge in [-0.25, -0.2) is 0 Å². The molecule has 4 atom stereocenters. The third-order valence-corrected chi connectivity index (χ3v) is 4.68. The summed E-state index contributed by atoms with van der Waals surface area (Å²) in [4.78, 5) is 0. The van der Waals surface area contributed by atoms with Crippen LogP contribution in [0.1, 0.15) is 37.9 Å². The molecule has 2 bridgehead atoms. The predicted octanol–water partition coefficient (Wildman–Crippen LogP) is 1.91. The first-order valence-corrected chi connectivity index (χ1v) is 7.90. The quantitative estimate of drug-likeness (QED) is 0.585. The highest BCUT2D eigenvalue weighted by Gasteiger charge is 2.47. The molecule has 2 saturated heterocycles. The lowest BCUT2D eigenvalue weighted by Crippen LogP contribution is -2.30. The third kappa shape index (κ3) is 3.49. The van der Waals surface area contributed by atoms with E-state index in [9.17, 15) is 0 Å². The number of methoxy groups -OCH3 is 1. The van der Waals surface area contributed by atoms with E-state index in [1.165, 1.54) is 12.8 Å². The van der Waals surface area contributed by atoms with Crippen molar-refractivity contribution in [2.24, 2.45) is 11.8 Å². The van der Waals surface area contributed by atoms with E-state index in [0.29, 0.717) is 24.0 Å². The maximum Gasteiger partial charge on any atom is 0.174 e. The van der Waals surface area contributed by atoms with E-state index in [-0.39, 0.29) is 0 Å². The summed E-state index contributed by atoms with van der Waals surface area (Å²) in [5.41, 5.74) is 0. The van der Waals surface area contributed by atoms with Gasteiger partial charge in [-0.05, 0) is 38.0 Å². The summed E-state index contributed by atoms with van der Waals surface area (Å²) in [6.45, 7) is 0.831. The zero-order chi connectivity index (χ0) is 14.5. The fourth-order valence-electron chi connectivity index (χ4n) is 3.66. The zero-order valence-electron chi connectivity index (χ0n) is 12.6. The topological polar surface area (TPSA) is 72.9 Å². The van der Waals surface area contributed by atoms with E-state index in [0.717, 1.165) is 38.1 Å². The molecule has 2 aliphatic rings. The molecule has 0 spiro atoms. The molecule has 2 fully saturated rings. The number of hydrogen-bond donors (Lipinski definition) is 1. The second-order valence-electron chi connectivity index (χ2n) is 6.00. The molecule has 2 aliphatic heterocycles. The van der Waals surface area contributed by atoms with E-state index in [1.807, 2.05) is 0 Å². The Hall–Kier alpha value is -1.27. The fraction of sp³-hybridized carbons (Fsp3) is 0.800. The lowest BCUT2D eigenvalue weighted by atomic mass is 9.78. The molecule has 1 N–H and O–H groups in total. The smallest absolute Gasteiger partial charge is 0.174 e. The number of aromatic nitrogens is 4. The highest BCUT2D eigenvalue weighted by molar-refractivity contribution is 4.99. The molecule has 21 heavy (non-hydrogen) atoms. The number of fused-ring (bicyclic) bond motifs is 2. The number of aromatic amines is 1. The van der Waals surface area contributed by atoms with Gasteiger partial charge in [-0.3, -0.25) is 0 Å². The van der Waals surface area contributed by atoms with Crippen LogP contribution in [-0.4, -0.2) is 46.5 Å². The average Bonchev–Trinajstić information content (AvgIpc) is 3.21. The summed E-state index contributed by atoms with van der Waals surface area (Å²) in [6, 6.07) is 0. The number of aryl methyl sites for hydroxylation is 1. The van der Waals surface area contributed by atoms with Crippen molar-refractivity contribution in [1.29, 1.82) is 0 Å². The van der Waals surface area contributed by atoms with Crippen LogP contribution < -0.4 is 0 Å². The average molecular weight is 292 g/mol. The predicted molar refractivity (Wildman–Crippen MR) is 77.6 cm³/mol. The van der Waals surface area contributed by atoms with E-state index in [1.54, 1.807) is 7.11 Å². The van der Waals surface area contributed by atoms with Crippen LogP contribution in [0.5, 0.6) is 0 Å². The Morgan fingerprint density at radius 1 is 1.29 bits per heavy atom. The highest BCUT2D eigenvalue weighted by Crippen LogP contribution is 2.45. The van der Waals surface area contributed by atoms with Crippen molar-refractivity contribution in [3.05, 3.63) is 18.0 Å². The van der Waals surface area contributed by atoms with Gasteiger partial charge in [-0.15, -0.1) is 10.2 Å². The number of ether oxygens (including phenoxy) is 2. The highest BCUT2D eigenvalue weighted by atomic mass is 16.5. The minimum Gasteiger partial charge on any atom is -0.384 e. The van der Waals surface area contributed by atoms with Gasteiger partial charge in [0.1, 0.15) is 0 Å². The summed E-state index contributed by atoms with van der Waals surface area (Å²) in [6.07, 6.45) is 12.0. The van der Waals surface area contributed by atoms with E-state index in [4.69, 9.17) is 9.47 Å². The zero-order valence-corrected chi connectivity index (χ0v) is 12.6. The van der Waals surface area contributed by atoms with E-state index in [2.05, 4.69) is 32.8 Å². The van der Waals surface area contributed by atoms with Crippen LogP contribution >= 0.6 is 0 Å². The molecular weight excluding hydrogens is 268 g/mol. The van der Waals surface area contributed by atoms with E-state index < -0.39 is 0 Å². The normalized spacial score (nSPS) is 31.5. The monoisotopic (exact) mass is 292 g/mol. The molecule has 0 amide bonds. The lowest BCUT2D eigenvalue weighted by molar-refractivity contribution is 0.0684. The Morgan fingerprint density at radius 3 is 2.90 bits per heavy atom. The number of rotatable bonds is 8. The van der Waals surface area contributed by atoms with Crippen LogP contribution in [0, 0.1) is 11.8 Å². The largest absolute Gasteiger partial charge is 0.384 e. The molecule has 0 aromatic carbocycles.